The Labute approximate surface area is 258 Å². The van der Waals surface area contributed by atoms with Crippen LogP contribution in [0, 0.1) is 0 Å². The van der Waals surface area contributed by atoms with E-state index in [1.54, 1.807) is 43.5 Å². The third-order valence-electron chi connectivity index (χ3n) is 7.58. The SMILES string of the molecule is COC[N+](c1ccccc1)(c1ccccc1)c1ccccc1.[O-]c1ccc(C(c2ccc(O)cc2)c2ccc(O)cc2)cc1. The smallest absolute Gasteiger partial charge is 0.196 e. The zero-order valence-corrected chi connectivity index (χ0v) is 24.5. The second-order valence-electron chi connectivity index (χ2n) is 10.4. The van der Waals surface area contributed by atoms with Gasteiger partial charge in [0.1, 0.15) is 28.6 Å². The van der Waals surface area contributed by atoms with Gasteiger partial charge in [-0.05, 0) is 41.0 Å². The number of hydrogen-bond acceptors (Lipinski definition) is 4. The molecular formula is C39H35NO4. The molecule has 2 N–H and O–H groups in total. The third-order valence-corrected chi connectivity index (χ3v) is 7.58. The number of phenolic OH excluding ortho intramolecular Hbond substituents is 2. The van der Waals surface area contributed by atoms with Crippen LogP contribution in [0.15, 0.2) is 164 Å². The molecule has 0 bridgehead atoms. The second-order valence-corrected chi connectivity index (χ2v) is 10.4. The van der Waals surface area contributed by atoms with Gasteiger partial charge in [-0.25, -0.2) is 4.48 Å². The van der Waals surface area contributed by atoms with E-state index in [1.807, 2.05) is 54.6 Å². The molecule has 0 atom stereocenters. The van der Waals surface area contributed by atoms with Crippen molar-refractivity contribution in [2.24, 2.45) is 0 Å². The number of benzene rings is 6. The van der Waals surface area contributed by atoms with Crippen molar-refractivity contribution in [3.63, 3.8) is 0 Å². The summed E-state index contributed by atoms with van der Waals surface area (Å²) in [5, 5.41) is 30.3. The Morgan fingerprint density at radius 2 is 0.818 bits per heavy atom. The number of quaternary nitrogens is 1. The second kappa shape index (κ2) is 14.2. The normalized spacial score (nSPS) is 11.0. The lowest BCUT2D eigenvalue weighted by Gasteiger charge is -2.36. The Morgan fingerprint density at radius 3 is 1.14 bits per heavy atom. The van der Waals surface area contributed by atoms with Gasteiger partial charge in [-0.3, -0.25) is 0 Å². The number of phenols is 2. The van der Waals surface area contributed by atoms with E-state index in [1.165, 1.54) is 17.1 Å². The van der Waals surface area contributed by atoms with Gasteiger partial charge in [-0.15, -0.1) is 5.75 Å². The average Bonchev–Trinajstić information content (AvgIpc) is 3.08. The topological polar surface area (TPSA) is 72.8 Å². The molecule has 0 unspecified atom stereocenters. The summed E-state index contributed by atoms with van der Waals surface area (Å²) >= 11 is 0. The average molecular weight is 582 g/mol. The van der Waals surface area contributed by atoms with E-state index in [4.69, 9.17) is 4.74 Å². The van der Waals surface area contributed by atoms with Crippen molar-refractivity contribution >= 4 is 17.1 Å². The molecule has 6 aromatic carbocycles. The lowest BCUT2D eigenvalue weighted by Crippen LogP contribution is -2.40. The number of ether oxygens (including phenoxy) is 1. The van der Waals surface area contributed by atoms with E-state index in [-0.39, 0.29) is 23.2 Å². The molecule has 220 valence electrons. The minimum absolute atomic E-state index is 0.0288. The number of hydrogen-bond donors (Lipinski definition) is 2. The Hall–Kier alpha value is -5.36. The van der Waals surface area contributed by atoms with Crippen LogP contribution in [0.1, 0.15) is 22.6 Å². The molecule has 0 aromatic heterocycles. The van der Waals surface area contributed by atoms with E-state index in [0.717, 1.165) is 16.7 Å². The standard InChI is InChI=1S/C20H20NO.C19H16O3/c1-22-17-21(18-11-5-2-6-12-18,19-13-7-3-8-14-19)20-15-9-4-10-16-20;20-16-7-1-13(2-8-16)19(14-3-9-17(21)10-4-14)15-5-11-18(22)12-6-15/h2-16H,17H2,1H3;1-12,19-22H/q+1;/p-1. The molecule has 5 heteroatoms. The van der Waals surface area contributed by atoms with E-state index in [9.17, 15) is 15.3 Å². The highest BCUT2D eigenvalue weighted by molar-refractivity contribution is 5.70. The van der Waals surface area contributed by atoms with E-state index >= 15 is 0 Å². The maximum absolute atomic E-state index is 11.3. The number of nitrogens with zero attached hydrogens (tertiary/aromatic N) is 1. The summed E-state index contributed by atoms with van der Waals surface area (Å²) in [4.78, 5) is 0. The molecule has 0 spiro atoms. The minimum Gasteiger partial charge on any atom is -0.872 e. The molecule has 0 saturated heterocycles. The van der Waals surface area contributed by atoms with Gasteiger partial charge >= 0.3 is 0 Å². The van der Waals surface area contributed by atoms with Gasteiger partial charge < -0.3 is 20.1 Å². The first-order valence-electron chi connectivity index (χ1n) is 14.4. The molecule has 0 fully saturated rings. The number of para-hydroxylation sites is 3. The van der Waals surface area contributed by atoms with Crippen molar-refractivity contribution in [1.82, 2.24) is 4.48 Å². The van der Waals surface area contributed by atoms with Crippen LogP contribution in [0.5, 0.6) is 17.2 Å². The highest BCUT2D eigenvalue weighted by Gasteiger charge is 2.36. The maximum atomic E-state index is 11.3. The van der Waals surface area contributed by atoms with Gasteiger partial charge in [0.2, 0.25) is 0 Å². The Kier molecular flexibility index (Phi) is 9.72. The molecular weight excluding hydrogens is 546 g/mol. The van der Waals surface area contributed by atoms with Crippen LogP contribution >= 0.6 is 0 Å². The van der Waals surface area contributed by atoms with Crippen LogP contribution in [0.2, 0.25) is 0 Å². The highest BCUT2D eigenvalue weighted by Crippen LogP contribution is 2.43. The number of rotatable bonds is 8. The minimum atomic E-state index is -0.0678. The summed E-state index contributed by atoms with van der Waals surface area (Å²) in [6.07, 6.45) is 0. The van der Waals surface area contributed by atoms with Crippen molar-refractivity contribution in [3.05, 3.63) is 180 Å². The van der Waals surface area contributed by atoms with Gasteiger partial charge in [0.25, 0.3) is 0 Å². The monoisotopic (exact) mass is 581 g/mol. The first-order chi connectivity index (χ1) is 21.5. The fourth-order valence-corrected chi connectivity index (χ4v) is 5.48. The number of methoxy groups -OCH3 is 1. The predicted molar refractivity (Wildman–Crippen MR) is 175 cm³/mol. The summed E-state index contributed by atoms with van der Waals surface area (Å²) in [5.74, 6) is 0.326. The zero-order chi connectivity index (χ0) is 30.8. The van der Waals surface area contributed by atoms with Crippen LogP contribution in [-0.4, -0.2) is 24.1 Å². The molecule has 0 saturated carbocycles. The zero-order valence-electron chi connectivity index (χ0n) is 24.5. The molecule has 0 aliphatic rings. The van der Waals surface area contributed by atoms with Crippen molar-refractivity contribution in [3.8, 4) is 17.2 Å². The highest BCUT2D eigenvalue weighted by atomic mass is 16.5. The van der Waals surface area contributed by atoms with Gasteiger partial charge in [-0.1, -0.05) is 103 Å². The third kappa shape index (κ3) is 6.81. The van der Waals surface area contributed by atoms with E-state index in [2.05, 4.69) is 72.8 Å². The quantitative estimate of drug-likeness (QED) is 0.107. The Bertz CT molecular complexity index is 1500. The summed E-state index contributed by atoms with van der Waals surface area (Å²) in [6.45, 7) is 0.540. The molecule has 6 aromatic rings. The Morgan fingerprint density at radius 1 is 0.500 bits per heavy atom. The summed E-state index contributed by atoms with van der Waals surface area (Å²) in [6, 6.07) is 52.2. The first kappa shape index (κ1) is 30.1. The van der Waals surface area contributed by atoms with E-state index < -0.39 is 0 Å². The molecule has 0 aliphatic heterocycles. The lowest BCUT2D eigenvalue weighted by atomic mass is 9.85. The molecule has 6 rings (SSSR count). The molecule has 0 amide bonds. The van der Waals surface area contributed by atoms with Crippen molar-refractivity contribution in [1.29, 1.82) is 0 Å². The van der Waals surface area contributed by atoms with E-state index in [0.29, 0.717) is 11.2 Å². The first-order valence-corrected chi connectivity index (χ1v) is 14.4. The van der Waals surface area contributed by atoms with Crippen molar-refractivity contribution in [2.45, 2.75) is 5.92 Å². The van der Waals surface area contributed by atoms with Crippen LogP contribution < -0.4 is 9.59 Å². The Balaban J connectivity index is 0.000000175. The van der Waals surface area contributed by atoms with Crippen molar-refractivity contribution < 1.29 is 20.1 Å². The van der Waals surface area contributed by atoms with Crippen LogP contribution in [0.25, 0.3) is 0 Å². The van der Waals surface area contributed by atoms with Crippen molar-refractivity contribution in [2.75, 3.05) is 13.8 Å². The lowest BCUT2D eigenvalue weighted by molar-refractivity contribution is -0.268. The van der Waals surface area contributed by atoms with Gasteiger partial charge in [0.15, 0.2) is 6.73 Å². The van der Waals surface area contributed by atoms with Crippen LogP contribution in [0.4, 0.5) is 17.1 Å². The number of aromatic hydroxyl groups is 2. The summed E-state index contributed by atoms with van der Waals surface area (Å²) < 4.78 is 6.18. The molecule has 44 heavy (non-hydrogen) atoms. The van der Waals surface area contributed by atoms with Gasteiger partial charge in [0.05, 0.1) is 0 Å². The summed E-state index contributed by atoms with van der Waals surface area (Å²) in [7, 11) is 1.75. The van der Waals surface area contributed by atoms with Gasteiger partial charge in [0, 0.05) is 49.4 Å². The van der Waals surface area contributed by atoms with Crippen LogP contribution in [0.3, 0.4) is 0 Å². The maximum Gasteiger partial charge on any atom is 0.196 e. The molecule has 0 radical (unpaired) electrons. The molecule has 0 aliphatic carbocycles. The predicted octanol–water partition coefficient (Wildman–Crippen LogP) is 8.61. The van der Waals surface area contributed by atoms with Gasteiger partial charge in [-0.2, -0.15) is 0 Å². The fourth-order valence-electron chi connectivity index (χ4n) is 5.48. The largest absolute Gasteiger partial charge is 0.872 e. The fraction of sp³-hybridized carbons (Fsp3) is 0.0769. The molecule has 0 heterocycles. The molecule has 5 nitrogen and oxygen atoms in total. The van der Waals surface area contributed by atoms with Crippen LogP contribution in [-0.2, 0) is 4.74 Å². The summed E-state index contributed by atoms with van der Waals surface area (Å²) in [5.41, 5.74) is 6.53.